The van der Waals surface area contributed by atoms with Crippen LogP contribution in [0.2, 0.25) is 0 Å². The molecule has 8 nitrogen and oxygen atoms in total. The molecule has 0 spiro atoms. The summed E-state index contributed by atoms with van der Waals surface area (Å²) in [5, 5.41) is 4.16. The predicted molar refractivity (Wildman–Crippen MR) is 136 cm³/mol. The van der Waals surface area contributed by atoms with Crippen LogP contribution in [0.3, 0.4) is 0 Å². The molecule has 184 valence electrons. The van der Waals surface area contributed by atoms with Gasteiger partial charge in [-0.1, -0.05) is 66.8 Å². The van der Waals surface area contributed by atoms with Gasteiger partial charge in [0.25, 0.3) is 11.8 Å². The molecular formula is C28H28N4O4. The Kier molecular flexibility index (Phi) is 8.18. The van der Waals surface area contributed by atoms with Crippen LogP contribution in [0.4, 0.5) is 0 Å². The van der Waals surface area contributed by atoms with Crippen molar-refractivity contribution >= 4 is 11.8 Å². The van der Waals surface area contributed by atoms with Crippen molar-refractivity contribution in [2.24, 2.45) is 0 Å². The summed E-state index contributed by atoms with van der Waals surface area (Å²) in [7, 11) is 0. The summed E-state index contributed by atoms with van der Waals surface area (Å²) in [6, 6.07) is 1.76. The molecule has 36 heavy (non-hydrogen) atoms. The molecule has 2 aromatic heterocycles. The van der Waals surface area contributed by atoms with Gasteiger partial charge in [-0.3, -0.25) is 14.5 Å². The molecule has 8 heteroatoms. The lowest BCUT2D eigenvalue weighted by molar-refractivity contribution is -0.137. The third-order valence-electron chi connectivity index (χ3n) is 5.60. The van der Waals surface area contributed by atoms with Crippen LogP contribution in [0.15, 0.2) is 88.7 Å². The van der Waals surface area contributed by atoms with E-state index in [0.29, 0.717) is 65.7 Å². The lowest BCUT2D eigenvalue weighted by Gasteiger charge is -2.13. The van der Waals surface area contributed by atoms with Gasteiger partial charge in [0, 0.05) is 31.6 Å². The van der Waals surface area contributed by atoms with Crippen molar-refractivity contribution < 1.29 is 18.8 Å². The molecule has 0 fully saturated rings. The second kappa shape index (κ2) is 11.9. The summed E-state index contributed by atoms with van der Waals surface area (Å²) in [5.74, 6) is 1.05. The average Bonchev–Trinajstić information content (AvgIpc) is 3.33. The fraction of sp³-hybridized carbons (Fsp3) is 0.250. The van der Waals surface area contributed by atoms with Gasteiger partial charge in [-0.15, -0.1) is 0 Å². The van der Waals surface area contributed by atoms with Gasteiger partial charge in [-0.25, -0.2) is 4.98 Å². The van der Waals surface area contributed by atoms with Crippen LogP contribution in [0.5, 0.6) is 5.88 Å². The Morgan fingerprint density at radius 2 is 1.83 bits per heavy atom. The molecule has 1 aliphatic heterocycles. The van der Waals surface area contributed by atoms with Crippen molar-refractivity contribution in [2.45, 2.75) is 33.1 Å². The average molecular weight is 485 g/mol. The van der Waals surface area contributed by atoms with E-state index < -0.39 is 0 Å². The van der Waals surface area contributed by atoms with Gasteiger partial charge in [-0.05, 0) is 19.4 Å². The number of amides is 2. The Labute approximate surface area is 210 Å². The normalized spacial score (nSPS) is 15.8. The summed E-state index contributed by atoms with van der Waals surface area (Å²) in [6.45, 7) is 4.46. The first-order valence-corrected chi connectivity index (χ1v) is 11.9. The standard InChI is InChI=1S/C28H28N4O4/c1-3-5-6-7-8-12-17-35-26-23(19-29-25(4-2)30-26)24-18-20(36-31-24)15-16-32-27(33)21-13-10-9-11-14-22(21)28(32)34/h3,5-8,10-14,18-19H,4,9,15-17H2,1-2H3/b5-3-,7-6-,12-8+. The number of aryl methyl sites for hydroxylation is 1. The number of nitrogens with zero attached hydrogens (tertiary/aromatic N) is 4. The fourth-order valence-corrected chi connectivity index (χ4v) is 3.73. The van der Waals surface area contributed by atoms with E-state index in [1.165, 1.54) is 4.90 Å². The number of allylic oxidation sites excluding steroid dienone is 7. The molecule has 0 aromatic carbocycles. The van der Waals surface area contributed by atoms with Crippen molar-refractivity contribution in [1.82, 2.24) is 20.0 Å². The van der Waals surface area contributed by atoms with Crippen molar-refractivity contribution in [3.8, 4) is 17.1 Å². The molecule has 2 aromatic rings. The summed E-state index contributed by atoms with van der Waals surface area (Å²) >= 11 is 0. The minimum atomic E-state index is -0.287. The largest absolute Gasteiger partial charge is 0.473 e. The summed E-state index contributed by atoms with van der Waals surface area (Å²) in [5.41, 5.74) is 2.01. The lowest BCUT2D eigenvalue weighted by Crippen LogP contribution is -2.33. The first-order chi connectivity index (χ1) is 17.6. The number of hydrogen-bond acceptors (Lipinski definition) is 7. The highest BCUT2D eigenvalue weighted by Crippen LogP contribution is 2.29. The topological polar surface area (TPSA) is 98.4 Å². The maximum absolute atomic E-state index is 12.7. The first-order valence-electron chi connectivity index (χ1n) is 11.9. The van der Waals surface area contributed by atoms with Gasteiger partial charge < -0.3 is 9.26 Å². The highest BCUT2D eigenvalue weighted by molar-refractivity contribution is 6.22. The summed E-state index contributed by atoms with van der Waals surface area (Å²) in [6.07, 6.45) is 22.1. The van der Waals surface area contributed by atoms with E-state index in [1.54, 1.807) is 24.4 Å². The maximum Gasteiger partial charge on any atom is 0.261 e. The quantitative estimate of drug-likeness (QED) is 0.362. The van der Waals surface area contributed by atoms with Crippen LogP contribution in [0.25, 0.3) is 11.3 Å². The second-order valence-corrected chi connectivity index (χ2v) is 8.07. The zero-order valence-corrected chi connectivity index (χ0v) is 20.4. The molecule has 4 rings (SSSR count). The minimum Gasteiger partial charge on any atom is -0.473 e. The van der Waals surface area contributed by atoms with E-state index in [2.05, 4.69) is 15.1 Å². The molecule has 0 unspecified atom stereocenters. The highest BCUT2D eigenvalue weighted by atomic mass is 16.5. The first kappa shape index (κ1) is 24.8. The molecule has 0 saturated heterocycles. The van der Waals surface area contributed by atoms with Crippen LogP contribution >= 0.6 is 0 Å². The predicted octanol–water partition coefficient (Wildman–Crippen LogP) is 4.49. The molecule has 1 aliphatic carbocycles. The van der Waals surface area contributed by atoms with Gasteiger partial charge in [0.15, 0.2) is 0 Å². The van der Waals surface area contributed by atoms with E-state index in [9.17, 15) is 9.59 Å². The zero-order chi connectivity index (χ0) is 25.3. The van der Waals surface area contributed by atoms with Gasteiger partial charge in [0.05, 0.1) is 16.7 Å². The van der Waals surface area contributed by atoms with E-state index >= 15 is 0 Å². The molecule has 3 heterocycles. The SMILES string of the molecule is C\C=C/C=C\C=C\COc1nc(CC)ncc1-c1cc(CCN2C(=O)C3=C(C=CCC=C3)C2=O)on1. The Bertz CT molecular complexity index is 1280. The number of carbonyl (C=O) groups is 2. The highest BCUT2D eigenvalue weighted by Gasteiger charge is 2.35. The Morgan fingerprint density at radius 3 is 2.56 bits per heavy atom. The third-order valence-corrected chi connectivity index (χ3v) is 5.60. The monoisotopic (exact) mass is 484 g/mol. The third kappa shape index (κ3) is 5.66. The summed E-state index contributed by atoms with van der Waals surface area (Å²) < 4.78 is 11.4. The van der Waals surface area contributed by atoms with Crippen LogP contribution in [-0.2, 0) is 22.4 Å². The van der Waals surface area contributed by atoms with Gasteiger partial charge in [-0.2, -0.15) is 4.98 Å². The van der Waals surface area contributed by atoms with Crippen molar-refractivity contribution in [1.29, 1.82) is 0 Å². The fourth-order valence-electron chi connectivity index (χ4n) is 3.73. The number of aromatic nitrogens is 3. The smallest absolute Gasteiger partial charge is 0.261 e. The Morgan fingerprint density at radius 1 is 1.08 bits per heavy atom. The van der Waals surface area contributed by atoms with Crippen molar-refractivity contribution in [3.63, 3.8) is 0 Å². The van der Waals surface area contributed by atoms with Crippen molar-refractivity contribution in [2.75, 3.05) is 13.2 Å². The van der Waals surface area contributed by atoms with Gasteiger partial charge in [0.2, 0.25) is 5.88 Å². The zero-order valence-electron chi connectivity index (χ0n) is 20.4. The Balaban J connectivity index is 1.43. The lowest BCUT2D eigenvalue weighted by atomic mass is 10.1. The number of ether oxygens (including phenoxy) is 1. The summed E-state index contributed by atoms with van der Waals surface area (Å²) in [4.78, 5) is 35.6. The molecule has 0 N–H and O–H groups in total. The van der Waals surface area contributed by atoms with Crippen LogP contribution in [-0.4, -0.2) is 45.0 Å². The molecular weight excluding hydrogens is 456 g/mol. The molecule has 0 bridgehead atoms. The van der Waals surface area contributed by atoms with Crippen LogP contribution in [0.1, 0.15) is 31.9 Å². The van der Waals surface area contributed by atoms with E-state index in [1.807, 2.05) is 62.5 Å². The molecule has 0 atom stereocenters. The Hall–Kier alpha value is -4.33. The number of rotatable bonds is 10. The molecule has 0 saturated carbocycles. The maximum atomic E-state index is 12.7. The van der Waals surface area contributed by atoms with Gasteiger partial charge >= 0.3 is 0 Å². The van der Waals surface area contributed by atoms with Crippen molar-refractivity contribution in [3.05, 3.63) is 95.8 Å². The molecule has 2 aliphatic rings. The van der Waals surface area contributed by atoms with E-state index in [0.717, 1.165) is 0 Å². The molecule has 2 amide bonds. The van der Waals surface area contributed by atoms with E-state index in [-0.39, 0.29) is 18.4 Å². The van der Waals surface area contributed by atoms with Crippen LogP contribution in [0, 0.1) is 0 Å². The van der Waals surface area contributed by atoms with E-state index in [4.69, 9.17) is 9.26 Å². The number of hydrogen-bond donors (Lipinski definition) is 0. The second-order valence-electron chi connectivity index (χ2n) is 8.07. The minimum absolute atomic E-state index is 0.196. The van der Waals surface area contributed by atoms with Crippen LogP contribution < -0.4 is 4.74 Å². The number of imide groups is 1. The van der Waals surface area contributed by atoms with Gasteiger partial charge in [0.1, 0.15) is 23.9 Å². The molecule has 0 radical (unpaired) electrons. The number of carbonyl (C=O) groups excluding carboxylic acids is 2.